The van der Waals surface area contributed by atoms with E-state index in [1.807, 2.05) is 32.6 Å². The van der Waals surface area contributed by atoms with Gasteiger partial charge in [-0.15, -0.1) is 0 Å². The van der Waals surface area contributed by atoms with E-state index in [-0.39, 0.29) is 29.5 Å². The fourth-order valence-corrected chi connectivity index (χ4v) is 6.05. The summed E-state index contributed by atoms with van der Waals surface area (Å²) < 4.78 is 25.9. The third kappa shape index (κ3) is 3.09. The third-order valence-electron chi connectivity index (χ3n) is 5.52. The van der Waals surface area contributed by atoms with E-state index in [0.717, 1.165) is 23.5 Å². The summed E-state index contributed by atoms with van der Waals surface area (Å²) in [6.45, 7) is 5.31. The lowest BCUT2D eigenvalue weighted by atomic mass is 10.0. The van der Waals surface area contributed by atoms with Gasteiger partial charge in [-0.1, -0.05) is 0 Å². The lowest BCUT2D eigenvalue weighted by Gasteiger charge is -2.42. The molecule has 0 radical (unpaired) electrons. The molecule has 2 aliphatic heterocycles. The Morgan fingerprint density at radius 2 is 1.83 bits per heavy atom. The largest absolute Gasteiger partial charge is 0.336 e. The number of sulfone groups is 1. The summed E-state index contributed by atoms with van der Waals surface area (Å²) in [4.78, 5) is 16.6. The molecule has 2 fully saturated rings. The van der Waals surface area contributed by atoms with Crippen molar-refractivity contribution in [3.8, 4) is 0 Å². The van der Waals surface area contributed by atoms with Crippen LogP contribution in [-0.4, -0.2) is 77.6 Å². The second-order valence-electron chi connectivity index (χ2n) is 7.05. The number of carbonyl (C=O) groups excluding carboxylic acids is 1. The number of carbonyl (C=O) groups is 1. The Balaban J connectivity index is 1.71. The van der Waals surface area contributed by atoms with Gasteiger partial charge in [0.25, 0.3) is 0 Å². The minimum Gasteiger partial charge on any atom is -0.336 e. The molecular weight excluding hydrogens is 328 g/mol. The smallest absolute Gasteiger partial charge is 0.223 e. The van der Waals surface area contributed by atoms with E-state index in [2.05, 4.69) is 10.00 Å². The minimum absolute atomic E-state index is 0.0536. The van der Waals surface area contributed by atoms with Gasteiger partial charge in [0.2, 0.25) is 5.91 Å². The first-order valence-corrected chi connectivity index (χ1v) is 10.2. The van der Waals surface area contributed by atoms with E-state index < -0.39 is 9.84 Å². The Bertz CT molecular complexity index is 756. The molecule has 24 heavy (non-hydrogen) atoms. The molecule has 0 unspecified atom stereocenters. The van der Waals surface area contributed by atoms with Gasteiger partial charge in [-0.3, -0.25) is 14.4 Å². The van der Waals surface area contributed by atoms with Gasteiger partial charge in [0.1, 0.15) is 0 Å². The van der Waals surface area contributed by atoms with Crippen molar-refractivity contribution in [2.75, 3.05) is 31.6 Å². The number of amides is 1. The molecule has 2 aliphatic rings. The van der Waals surface area contributed by atoms with Crippen LogP contribution in [0.3, 0.4) is 0 Å². The number of likely N-dealkylation sites (N-methyl/N-ethyl adjacent to an activating group) is 1. The van der Waals surface area contributed by atoms with Crippen LogP contribution < -0.4 is 0 Å². The number of hydrogen-bond donors (Lipinski definition) is 0. The zero-order chi connectivity index (χ0) is 17.6. The second kappa shape index (κ2) is 6.15. The standard InChI is InChI=1S/C16H26N4O3S/c1-11-13(12(2)19(4)17-11)5-6-16(21)20-8-7-18(3)14-9-24(22,23)10-15(14)20/h14-15H,5-10H2,1-4H3/t14-,15+/m1/s1. The zero-order valence-corrected chi connectivity index (χ0v) is 15.6. The Hall–Kier alpha value is -1.41. The van der Waals surface area contributed by atoms with Crippen molar-refractivity contribution in [1.82, 2.24) is 19.6 Å². The Kier molecular flexibility index (Phi) is 4.46. The third-order valence-corrected chi connectivity index (χ3v) is 7.22. The maximum atomic E-state index is 12.7. The van der Waals surface area contributed by atoms with Crippen molar-refractivity contribution < 1.29 is 13.2 Å². The SMILES string of the molecule is Cc1nn(C)c(C)c1CCC(=O)N1CCN(C)[C@@H]2CS(=O)(=O)C[C@@H]21. The van der Waals surface area contributed by atoms with Gasteiger partial charge >= 0.3 is 0 Å². The average Bonchev–Trinajstić information content (AvgIpc) is 2.94. The monoisotopic (exact) mass is 354 g/mol. The Morgan fingerprint density at radius 1 is 1.17 bits per heavy atom. The molecule has 1 aromatic heterocycles. The fraction of sp³-hybridized carbons (Fsp3) is 0.750. The first-order chi connectivity index (χ1) is 11.2. The molecule has 2 saturated heterocycles. The molecule has 1 amide bonds. The average molecular weight is 354 g/mol. The summed E-state index contributed by atoms with van der Waals surface area (Å²) in [6, 6.07) is -0.257. The van der Waals surface area contributed by atoms with Crippen LogP contribution in [0.1, 0.15) is 23.4 Å². The number of aryl methyl sites for hydroxylation is 2. The minimum atomic E-state index is -3.05. The lowest BCUT2D eigenvalue weighted by molar-refractivity contribution is -0.136. The number of rotatable bonds is 3. The van der Waals surface area contributed by atoms with Gasteiger partial charge in [0, 0.05) is 38.3 Å². The first kappa shape index (κ1) is 17.4. The van der Waals surface area contributed by atoms with Gasteiger partial charge in [0.05, 0.1) is 23.2 Å². The van der Waals surface area contributed by atoms with E-state index >= 15 is 0 Å². The maximum absolute atomic E-state index is 12.7. The lowest BCUT2D eigenvalue weighted by Crippen LogP contribution is -2.59. The molecule has 0 aromatic carbocycles. The summed E-state index contributed by atoms with van der Waals surface area (Å²) in [5, 5.41) is 4.39. The number of nitrogens with zero attached hydrogens (tertiary/aromatic N) is 4. The van der Waals surface area contributed by atoms with E-state index in [9.17, 15) is 13.2 Å². The second-order valence-corrected chi connectivity index (χ2v) is 9.21. The number of aromatic nitrogens is 2. The van der Waals surface area contributed by atoms with Crippen LogP contribution in [0, 0.1) is 13.8 Å². The summed E-state index contributed by atoms with van der Waals surface area (Å²) in [5.74, 6) is 0.315. The predicted molar refractivity (Wildman–Crippen MR) is 91.6 cm³/mol. The van der Waals surface area contributed by atoms with Crippen molar-refractivity contribution in [2.45, 2.75) is 38.8 Å². The maximum Gasteiger partial charge on any atom is 0.223 e. The first-order valence-electron chi connectivity index (χ1n) is 8.39. The number of hydrogen-bond acceptors (Lipinski definition) is 5. The molecule has 3 heterocycles. The topological polar surface area (TPSA) is 75.5 Å². The van der Waals surface area contributed by atoms with Crippen LogP contribution in [0.5, 0.6) is 0 Å². The van der Waals surface area contributed by atoms with Gasteiger partial charge in [-0.25, -0.2) is 8.42 Å². The molecule has 3 rings (SSSR count). The Morgan fingerprint density at radius 3 is 2.46 bits per heavy atom. The highest BCUT2D eigenvalue weighted by Gasteiger charge is 2.46. The van der Waals surface area contributed by atoms with Crippen molar-refractivity contribution >= 4 is 15.7 Å². The molecule has 8 heteroatoms. The van der Waals surface area contributed by atoms with Crippen molar-refractivity contribution in [2.24, 2.45) is 7.05 Å². The molecule has 0 spiro atoms. The summed E-state index contributed by atoms with van der Waals surface area (Å²) in [7, 11) is 0.798. The molecule has 2 atom stereocenters. The van der Waals surface area contributed by atoms with Crippen LogP contribution in [0.15, 0.2) is 0 Å². The zero-order valence-electron chi connectivity index (χ0n) is 14.8. The summed E-state index contributed by atoms with van der Waals surface area (Å²) >= 11 is 0. The molecule has 134 valence electrons. The normalized spacial score (nSPS) is 26.6. The van der Waals surface area contributed by atoms with Crippen LogP contribution in [0.25, 0.3) is 0 Å². The van der Waals surface area contributed by atoms with E-state index in [1.165, 1.54) is 0 Å². The molecule has 7 nitrogen and oxygen atoms in total. The van der Waals surface area contributed by atoms with E-state index in [1.54, 1.807) is 4.90 Å². The van der Waals surface area contributed by atoms with Crippen LogP contribution in [0.4, 0.5) is 0 Å². The predicted octanol–water partition coefficient (Wildman–Crippen LogP) is -0.0909. The van der Waals surface area contributed by atoms with Gasteiger partial charge in [-0.2, -0.15) is 5.10 Å². The Labute approximate surface area is 143 Å². The molecule has 0 aliphatic carbocycles. The van der Waals surface area contributed by atoms with Gasteiger partial charge < -0.3 is 4.90 Å². The molecule has 0 saturated carbocycles. The van der Waals surface area contributed by atoms with Crippen LogP contribution in [-0.2, 0) is 28.1 Å². The highest BCUT2D eigenvalue weighted by atomic mass is 32.2. The summed E-state index contributed by atoms with van der Waals surface area (Å²) in [5.41, 5.74) is 3.16. The van der Waals surface area contributed by atoms with Gasteiger partial charge in [0.15, 0.2) is 9.84 Å². The van der Waals surface area contributed by atoms with Crippen LogP contribution >= 0.6 is 0 Å². The van der Waals surface area contributed by atoms with E-state index in [0.29, 0.717) is 19.4 Å². The quantitative estimate of drug-likeness (QED) is 0.758. The van der Waals surface area contributed by atoms with Crippen molar-refractivity contribution in [3.63, 3.8) is 0 Å². The molecule has 1 aromatic rings. The molecule has 0 N–H and O–H groups in total. The highest BCUT2D eigenvalue weighted by Crippen LogP contribution is 2.27. The highest BCUT2D eigenvalue weighted by molar-refractivity contribution is 7.91. The number of fused-ring (bicyclic) bond motifs is 1. The van der Waals surface area contributed by atoms with Crippen molar-refractivity contribution in [3.05, 3.63) is 17.0 Å². The number of piperazine rings is 1. The van der Waals surface area contributed by atoms with Crippen LogP contribution in [0.2, 0.25) is 0 Å². The van der Waals surface area contributed by atoms with Crippen molar-refractivity contribution in [1.29, 1.82) is 0 Å². The molecule has 0 bridgehead atoms. The fourth-order valence-electron chi connectivity index (χ4n) is 3.99. The molecular formula is C16H26N4O3S. The summed E-state index contributed by atoms with van der Waals surface area (Å²) in [6.07, 6.45) is 1.06. The van der Waals surface area contributed by atoms with E-state index in [4.69, 9.17) is 0 Å². The van der Waals surface area contributed by atoms with Gasteiger partial charge in [-0.05, 0) is 32.9 Å².